The van der Waals surface area contributed by atoms with Crippen LogP contribution >= 0.6 is 0 Å². The normalized spacial score (nSPS) is 51.4. The summed E-state index contributed by atoms with van der Waals surface area (Å²) in [4.78, 5) is 27.0. The molecule has 3 nitrogen and oxygen atoms in total. The molecule has 5 aliphatic carbocycles. The van der Waals surface area contributed by atoms with Gasteiger partial charge in [0.15, 0.2) is 5.78 Å². The van der Waals surface area contributed by atoms with Crippen LogP contribution in [0.5, 0.6) is 0 Å². The first-order chi connectivity index (χ1) is 15.7. The molecule has 0 amide bonds. The average molecular weight is 467 g/mol. The second-order valence-corrected chi connectivity index (χ2v) is 14.7. The molecule has 0 heterocycles. The summed E-state index contributed by atoms with van der Waals surface area (Å²) < 4.78 is 5.25. The molecule has 5 rings (SSSR count). The predicted octanol–water partition coefficient (Wildman–Crippen LogP) is 7.31. The van der Waals surface area contributed by atoms with Gasteiger partial charge in [0.1, 0.15) is 0 Å². The smallest absolute Gasteiger partial charge is 0.311 e. The Hall–Kier alpha value is -1.38. The number of ether oxygens (including phenoxy) is 1. The molecule has 0 spiro atoms. The topological polar surface area (TPSA) is 43.4 Å². The minimum absolute atomic E-state index is 0.00121. The van der Waals surface area contributed by atoms with Gasteiger partial charge >= 0.3 is 5.97 Å². The van der Waals surface area contributed by atoms with Crippen molar-refractivity contribution in [1.29, 1.82) is 0 Å². The van der Waals surface area contributed by atoms with E-state index in [2.05, 4.69) is 66.7 Å². The van der Waals surface area contributed by atoms with E-state index in [4.69, 9.17) is 4.74 Å². The molecule has 34 heavy (non-hydrogen) atoms. The van der Waals surface area contributed by atoms with Crippen molar-refractivity contribution in [2.45, 2.75) is 99.8 Å². The maximum absolute atomic E-state index is 14.2. The Kier molecular flexibility index (Phi) is 5.08. The molecule has 0 saturated heterocycles. The van der Waals surface area contributed by atoms with Crippen LogP contribution in [0.2, 0.25) is 0 Å². The van der Waals surface area contributed by atoms with Crippen molar-refractivity contribution in [3.05, 3.63) is 23.8 Å². The molecule has 0 aliphatic heterocycles. The van der Waals surface area contributed by atoms with Crippen LogP contribution in [-0.2, 0) is 14.3 Å². The highest BCUT2D eigenvalue weighted by Gasteiger charge is 2.69. The lowest BCUT2D eigenvalue weighted by Crippen LogP contribution is -2.65. The Labute approximate surface area is 207 Å². The van der Waals surface area contributed by atoms with Gasteiger partial charge in [-0.15, -0.1) is 0 Å². The van der Waals surface area contributed by atoms with Crippen molar-refractivity contribution < 1.29 is 14.3 Å². The monoisotopic (exact) mass is 466 g/mol. The largest absolute Gasteiger partial charge is 0.469 e. The first-order valence-corrected chi connectivity index (χ1v) is 13.7. The number of carbonyl (C=O) groups is 2. The number of fused-ring (bicyclic) bond motifs is 7. The molecule has 0 aromatic carbocycles. The number of methoxy groups -OCH3 is 1. The molecule has 3 fully saturated rings. The van der Waals surface area contributed by atoms with Gasteiger partial charge < -0.3 is 4.74 Å². The van der Waals surface area contributed by atoms with Crippen LogP contribution in [0.25, 0.3) is 0 Å². The van der Waals surface area contributed by atoms with E-state index in [-0.39, 0.29) is 44.9 Å². The predicted molar refractivity (Wildman–Crippen MR) is 136 cm³/mol. The van der Waals surface area contributed by atoms with Gasteiger partial charge in [0.2, 0.25) is 0 Å². The van der Waals surface area contributed by atoms with Gasteiger partial charge in [-0.1, -0.05) is 59.3 Å². The fraction of sp³-hybridized carbons (Fsp3) is 0.806. The lowest BCUT2D eigenvalue weighted by molar-refractivity contribution is -0.175. The zero-order valence-corrected chi connectivity index (χ0v) is 22.8. The summed E-state index contributed by atoms with van der Waals surface area (Å²) in [5.74, 6) is 1.16. The lowest BCUT2D eigenvalue weighted by atomic mass is 9.34. The van der Waals surface area contributed by atoms with Crippen molar-refractivity contribution in [2.24, 2.45) is 50.2 Å². The van der Waals surface area contributed by atoms with Crippen LogP contribution in [-0.4, -0.2) is 18.9 Å². The third-order valence-corrected chi connectivity index (χ3v) is 12.5. The highest BCUT2D eigenvalue weighted by molar-refractivity contribution is 5.95. The van der Waals surface area contributed by atoms with Crippen LogP contribution in [0.1, 0.15) is 99.8 Å². The molecule has 8 atom stereocenters. The minimum atomic E-state index is -0.458. The molecule has 3 saturated carbocycles. The van der Waals surface area contributed by atoms with E-state index in [0.717, 1.165) is 38.5 Å². The zero-order valence-electron chi connectivity index (χ0n) is 22.8. The maximum Gasteiger partial charge on any atom is 0.311 e. The van der Waals surface area contributed by atoms with Crippen LogP contribution < -0.4 is 0 Å². The second kappa shape index (κ2) is 7.10. The molecule has 3 heteroatoms. The van der Waals surface area contributed by atoms with E-state index in [9.17, 15) is 9.59 Å². The number of carbonyl (C=O) groups excluding carboxylic acids is 2. The molecule has 0 aromatic heterocycles. The maximum atomic E-state index is 14.2. The molecule has 0 unspecified atom stereocenters. The van der Waals surface area contributed by atoms with Gasteiger partial charge in [0.05, 0.1) is 12.5 Å². The summed E-state index contributed by atoms with van der Waals surface area (Å²) in [6, 6.07) is 0. The average Bonchev–Trinajstić information content (AvgIpc) is 2.75. The van der Waals surface area contributed by atoms with Crippen LogP contribution in [0, 0.1) is 50.2 Å². The van der Waals surface area contributed by atoms with Crippen LogP contribution in [0.3, 0.4) is 0 Å². The highest BCUT2D eigenvalue weighted by atomic mass is 16.5. The number of hydrogen-bond acceptors (Lipinski definition) is 3. The fourth-order valence-corrected chi connectivity index (χ4v) is 10.2. The van der Waals surface area contributed by atoms with Gasteiger partial charge in [0.25, 0.3) is 0 Å². The summed E-state index contributed by atoms with van der Waals surface area (Å²) in [5.41, 5.74) is 1.18. The zero-order chi connectivity index (χ0) is 24.9. The van der Waals surface area contributed by atoms with Crippen LogP contribution in [0.4, 0.5) is 0 Å². The molecule has 0 N–H and O–H groups in total. The third kappa shape index (κ3) is 2.88. The number of ketones is 1. The quantitative estimate of drug-likeness (QED) is 0.301. The lowest BCUT2D eigenvalue weighted by Gasteiger charge is -2.69. The van der Waals surface area contributed by atoms with Gasteiger partial charge in [-0.05, 0) is 103 Å². The molecular formula is C31H46O3. The number of hydrogen-bond donors (Lipinski definition) is 0. The summed E-state index contributed by atoms with van der Waals surface area (Å²) >= 11 is 0. The summed E-state index contributed by atoms with van der Waals surface area (Å²) in [6.45, 7) is 16.6. The number of esters is 1. The summed E-state index contributed by atoms with van der Waals surface area (Å²) in [6.07, 6.45) is 15.2. The van der Waals surface area contributed by atoms with E-state index in [0.29, 0.717) is 11.7 Å². The Morgan fingerprint density at radius 2 is 1.65 bits per heavy atom. The molecule has 5 aliphatic rings. The molecular weight excluding hydrogens is 420 g/mol. The number of allylic oxidation sites excluding steroid dienone is 4. The minimum Gasteiger partial charge on any atom is -0.469 e. The number of rotatable bonds is 1. The standard InChI is InChI=1S/C31H46O3/c1-26(2)11-9-12-29(5)23(26)10-13-31(7)24(29)22(32)18-20-21-19-28(4,25(33)34-8)15-14-27(21,3)16-17-30(20,31)6/h9,11,18,21,23-24H,10,12-17,19H2,1-8H3/t21-,23-,24+,27+,28-,29-,30+,31+/m0/s1. The SMILES string of the molecule is COC(=O)[C@@]1(C)CC[C@]2(C)CC[C@]3(C)C(=CC(=O)[C@@H]4[C@@]5(C)CC=CC(C)(C)[C@@H]5CC[C@]43C)[C@@H]2C1. The Balaban J connectivity index is 1.62. The Bertz CT molecular complexity index is 989. The van der Waals surface area contributed by atoms with Gasteiger partial charge in [-0.2, -0.15) is 0 Å². The van der Waals surface area contributed by atoms with Gasteiger partial charge in [0, 0.05) is 5.92 Å². The summed E-state index contributed by atoms with van der Waals surface area (Å²) in [7, 11) is 1.51. The third-order valence-electron chi connectivity index (χ3n) is 12.5. The van der Waals surface area contributed by atoms with E-state index >= 15 is 0 Å². The Morgan fingerprint density at radius 3 is 2.32 bits per heavy atom. The van der Waals surface area contributed by atoms with Crippen molar-refractivity contribution in [1.82, 2.24) is 0 Å². The first-order valence-electron chi connectivity index (χ1n) is 13.7. The van der Waals surface area contributed by atoms with E-state index in [1.54, 1.807) is 0 Å². The van der Waals surface area contributed by atoms with Gasteiger partial charge in [-0.3, -0.25) is 9.59 Å². The van der Waals surface area contributed by atoms with Crippen molar-refractivity contribution in [2.75, 3.05) is 7.11 Å². The fourth-order valence-electron chi connectivity index (χ4n) is 10.2. The summed E-state index contributed by atoms with van der Waals surface area (Å²) in [5, 5.41) is 0. The highest BCUT2D eigenvalue weighted by Crippen LogP contribution is 2.74. The molecule has 0 aromatic rings. The molecule has 0 bridgehead atoms. The Morgan fingerprint density at radius 1 is 0.971 bits per heavy atom. The van der Waals surface area contributed by atoms with E-state index < -0.39 is 5.41 Å². The second-order valence-electron chi connectivity index (χ2n) is 14.7. The molecule has 188 valence electrons. The van der Waals surface area contributed by atoms with Gasteiger partial charge in [-0.25, -0.2) is 0 Å². The van der Waals surface area contributed by atoms with E-state index in [1.165, 1.54) is 25.5 Å². The van der Waals surface area contributed by atoms with Crippen molar-refractivity contribution in [3.8, 4) is 0 Å². The molecule has 0 radical (unpaired) electrons. The van der Waals surface area contributed by atoms with Crippen molar-refractivity contribution in [3.63, 3.8) is 0 Å². The van der Waals surface area contributed by atoms with Crippen LogP contribution in [0.15, 0.2) is 23.8 Å². The van der Waals surface area contributed by atoms with Crippen molar-refractivity contribution >= 4 is 11.8 Å². The first kappa shape index (κ1) is 24.3. The van der Waals surface area contributed by atoms with E-state index in [1.807, 2.05) is 0 Å².